The normalized spacial score (nSPS) is 15.5. The second-order valence-corrected chi connectivity index (χ2v) is 21.0. The van der Waals surface area contributed by atoms with E-state index >= 15 is 0 Å². The Labute approximate surface area is 337 Å². The highest BCUT2D eigenvalue weighted by Gasteiger charge is 2.40. The van der Waals surface area contributed by atoms with Gasteiger partial charge in [0.1, 0.15) is 17.9 Å². The van der Waals surface area contributed by atoms with Crippen molar-refractivity contribution < 1.29 is 21.6 Å². The molecule has 0 spiro atoms. The van der Waals surface area contributed by atoms with Crippen LogP contribution in [0.1, 0.15) is 88.3 Å². The van der Waals surface area contributed by atoms with Crippen LogP contribution >= 0.6 is 47.0 Å². The van der Waals surface area contributed by atoms with Crippen LogP contribution in [-0.2, 0) is 26.1 Å². The van der Waals surface area contributed by atoms with Crippen LogP contribution in [0.2, 0.25) is 0 Å². The topological polar surface area (TPSA) is 125 Å². The largest absolute Gasteiger partial charge is 0.491 e. The van der Waals surface area contributed by atoms with E-state index in [1.165, 1.54) is 71.3 Å². The van der Waals surface area contributed by atoms with E-state index in [1.54, 1.807) is 36.4 Å². The van der Waals surface area contributed by atoms with Gasteiger partial charge in [-0.3, -0.25) is 0 Å². The second kappa shape index (κ2) is 19.0. The number of benzene rings is 3. The molecule has 2 aliphatic rings. The molecule has 0 radical (unpaired) electrons. The fraction of sp³-hybridized carbons (Fsp3) is 0.317. The first kappa shape index (κ1) is 41.9. The minimum atomic E-state index is -4.16. The minimum Gasteiger partial charge on any atom is -0.491 e. The SMILES string of the molecule is C=Cc1ccc(S(=O)(=O)/C(C#N)=C2/Sc3c(CCCCCCC)c4c(c(OCCCCCC)c3S2)S/C(=C(\C#N)S(=O)(=O)c2ccc(C=C)cc2)S4)cc1. The molecule has 5 rings (SSSR count). The third-order valence-electron chi connectivity index (χ3n) is 8.89. The van der Waals surface area contributed by atoms with E-state index in [2.05, 4.69) is 27.0 Å². The van der Waals surface area contributed by atoms with Gasteiger partial charge in [-0.1, -0.05) is 155 Å². The molecule has 0 aromatic heterocycles. The molecule has 0 bridgehead atoms. The lowest BCUT2D eigenvalue weighted by atomic mass is 10.0. The molecular weight excluding hydrogens is 793 g/mol. The van der Waals surface area contributed by atoms with Crippen molar-refractivity contribution in [2.75, 3.05) is 6.61 Å². The van der Waals surface area contributed by atoms with E-state index < -0.39 is 19.7 Å². The summed E-state index contributed by atoms with van der Waals surface area (Å²) >= 11 is 4.94. The summed E-state index contributed by atoms with van der Waals surface area (Å²) in [5, 5.41) is 20.7. The van der Waals surface area contributed by atoms with Gasteiger partial charge in [-0.05, 0) is 60.2 Å². The number of nitrogens with zero attached hydrogens (tertiary/aromatic N) is 2. The Morgan fingerprint density at radius 1 is 0.630 bits per heavy atom. The number of hydrogen-bond donors (Lipinski definition) is 0. The van der Waals surface area contributed by atoms with Crippen LogP contribution in [0.4, 0.5) is 0 Å². The highest BCUT2D eigenvalue weighted by Crippen LogP contribution is 2.66. The summed E-state index contributed by atoms with van der Waals surface area (Å²) in [7, 11) is -8.33. The van der Waals surface area contributed by atoms with Gasteiger partial charge in [-0.2, -0.15) is 10.5 Å². The highest BCUT2D eigenvalue weighted by molar-refractivity contribution is 8.26. The van der Waals surface area contributed by atoms with E-state index in [9.17, 15) is 27.4 Å². The zero-order valence-corrected chi connectivity index (χ0v) is 35.3. The van der Waals surface area contributed by atoms with E-state index in [0.717, 1.165) is 84.3 Å². The second-order valence-electron chi connectivity index (χ2n) is 12.6. The van der Waals surface area contributed by atoms with Gasteiger partial charge in [-0.15, -0.1) is 0 Å². The molecule has 2 aliphatic heterocycles. The Hall–Kier alpha value is -3.30. The maximum absolute atomic E-state index is 13.9. The smallest absolute Gasteiger partial charge is 0.218 e. The van der Waals surface area contributed by atoms with Crippen molar-refractivity contribution in [3.05, 3.63) is 96.7 Å². The number of hydrogen-bond acceptors (Lipinski definition) is 11. The predicted molar refractivity (Wildman–Crippen MR) is 225 cm³/mol. The van der Waals surface area contributed by atoms with Gasteiger partial charge < -0.3 is 4.74 Å². The van der Waals surface area contributed by atoms with Crippen LogP contribution < -0.4 is 4.74 Å². The molecule has 3 aromatic rings. The number of allylic oxidation sites excluding steroid dienone is 2. The van der Waals surface area contributed by atoms with Gasteiger partial charge >= 0.3 is 0 Å². The van der Waals surface area contributed by atoms with Crippen molar-refractivity contribution >= 4 is 78.9 Å². The fourth-order valence-corrected chi connectivity index (χ4v) is 15.1. The number of thioether (sulfide) groups is 4. The van der Waals surface area contributed by atoms with Gasteiger partial charge in [0, 0.05) is 9.79 Å². The molecule has 0 aliphatic carbocycles. The molecule has 0 amide bonds. The van der Waals surface area contributed by atoms with Crippen LogP contribution in [0.15, 0.2) is 109 Å². The molecular formula is C41H42N2O5S6. The average Bonchev–Trinajstić information content (AvgIpc) is 3.81. The number of ether oxygens (including phenoxy) is 1. The summed E-state index contributed by atoms with van der Waals surface area (Å²) in [6.45, 7) is 12.2. The lowest BCUT2D eigenvalue weighted by Crippen LogP contribution is -2.04. The summed E-state index contributed by atoms with van der Waals surface area (Å²) in [6.07, 6.45) is 12.9. The van der Waals surface area contributed by atoms with Crippen molar-refractivity contribution in [2.24, 2.45) is 0 Å². The highest BCUT2D eigenvalue weighted by atomic mass is 32.2. The predicted octanol–water partition coefficient (Wildman–Crippen LogP) is 12.2. The number of nitriles is 2. The summed E-state index contributed by atoms with van der Waals surface area (Å²) in [4.78, 5) is 2.44. The third-order valence-corrected chi connectivity index (χ3v) is 18.2. The number of fused-ring (bicyclic) bond motifs is 2. The monoisotopic (exact) mass is 834 g/mol. The lowest BCUT2D eigenvalue weighted by molar-refractivity contribution is 0.288. The summed E-state index contributed by atoms with van der Waals surface area (Å²) < 4.78 is 63.0. The maximum Gasteiger partial charge on any atom is 0.218 e. The zero-order valence-electron chi connectivity index (χ0n) is 30.4. The van der Waals surface area contributed by atoms with Crippen molar-refractivity contribution in [3.8, 4) is 17.9 Å². The molecule has 0 saturated carbocycles. The molecule has 54 heavy (non-hydrogen) atoms. The first-order valence-electron chi connectivity index (χ1n) is 17.9. The van der Waals surface area contributed by atoms with Gasteiger partial charge in [-0.25, -0.2) is 16.8 Å². The Balaban J connectivity index is 1.66. The van der Waals surface area contributed by atoms with Crippen molar-refractivity contribution in [3.63, 3.8) is 0 Å². The van der Waals surface area contributed by atoms with Crippen molar-refractivity contribution in [2.45, 2.75) is 107 Å². The molecule has 0 unspecified atom stereocenters. The molecule has 282 valence electrons. The Morgan fingerprint density at radius 3 is 1.44 bits per heavy atom. The summed E-state index contributed by atoms with van der Waals surface area (Å²) in [5.74, 6) is 0.529. The molecule has 13 heteroatoms. The standard InChI is InChI=1S/C41H42N2O5S6/c1-5-9-11-13-14-16-32-36-38(51-40(49-36)33(26-42)53(44,45)30-21-17-28(7-3)18-22-30)35(48-25-15-12-10-6-2)39-37(32)50-41(52-39)34(27-43)54(46,47)31-23-19-29(8-4)20-24-31/h7-8,17-24H,3-6,9-16,25H2,1-2H3/b40-33-,41-34+. The fourth-order valence-electron chi connectivity index (χ4n) is 5.88. The number of rotatable bonds is 18. The first-order valence-corrected chi connectivity index (χ1v) is 24.1. The van der Waals surface area contributed by atoms with Crippen molar-refractivity contribution in [1.29, 1.82) is 10.5 Å². The molecule has 2 heterocycles. The zero-order chi connectivity index (χ0) is 38.9. The van der Waals surface area contributed by atoms with Crippen LogP contribution in [0, 0.1) is 22.7 Å². The van der Waals surface area contributed by atoms with Crippen LogP contribution in [-0.4, -0.2) is 23.4 Å². The average molecular weight is 835 g/mol. The molecule has 0 saturated heterocycles. The molecule has 7 nitrogen and oxygen atoms in total. The molecule has 0 N–H and O–H groups in total. The number of sulfone groups is 2. The van der Waals surface area contributed by atoms with Crippen LogP contribution in [0.25, 0.3) is 12.2 Å². The third kappa shape index (κ3) is 9.04. The Morgan fingerprint density at radius 2 is 1.04 bits per heavy atom. The summed E-state index contributed by atoms with van der Waals surface area (Å²) in [6, 6.07) is 16.6. The minimum absolute atomic E-state index is 0.0191. The Kier molecular flexibility index (Phi) is 14.8. The number of unbranched alkanes of at least 4 members (excludes halogenated alkanes) is 7. The Bertz CT molecular complexity index is 2080. The first-order chi connectivity index (χ1) is 26.0. The molecule has 3 aromatic carbocycles. The van der Waals surface area contributed by atoms with Gasteiger partial charge in [0.15, 0.2) is 9.81 Å². The molecule has 0 fully saturated rings. The van der Waals surface area contributed by atoms with E-state index in [4.69, 9.17) is 4.74 Å². The molecule has 0 atom stereocenters. The van der Waals surface area contributed by atoms with Crippen LogP contribution in [0.5, 0.6) is 5.75 Å². The summed E-state index contributed by atoms with van der Waals surface area (Å²) in [5.41, 5.74) is 2.47. The van der Waals surface area contributed by atoms with E-state index in [1.807, 2.05) is 12.1 Å². The van der Waals surface area contributed by atoms with Gasteiger partial charge in [0.2, 0.25) is 19.7 Å². The lowest BCUT2D eigenvalue weighted by Gasteiger charge is -2.18. The van der Waals surface area contributed by atoms with Gasteiger partial charge in [0.05, 0.1) is 34.7 Å². The maximum atomic E-state index is 13.9. The van der Waals surface area contributed by atoms with Gasteiger partial charge in [0.25, 0.3) is 0 Å². The van der Waals surface area contributed by atoms with E-state index in [0.29, 0.717) is 37.0 Å². The van der Waals surface area contributed by atoms with Crippen molar-refractivity contribution in [1.82, 2.24) is 0 Å². The van der Waals surface area contributed by atoms with E-state index in [-0.39, 0.29) is 19.6 Å². The quantitative estimate of drug-likeness (QED) is 0.0898. The van der Waals surface area contributed by atoms with Crippen LogP contribution in [0.3, 0.4) is 0 Å².